The van der Waals surface area contributed by atoms with Crippen molar-refractivity contribution in [1.29, 1.82) is 0 Å². The van der Waals surface area contributed by atoms with Crippen molar-refractivity contribution in [2.24, 2.45) is 0 Å². The highest BCUT2D eigenvalue weighted by Crippen LogP contribution is 2.24. The number of carbonyl (C=O) groups excluding carboxylic acids is 3. The maximum absolute atomic E-state index is 13.3. The molecule has 3 amide bonds. The Kier molecular flexibility index (Phi) is 8.29. The highest BCUT2D eigenvalue weighted by atomic mass is 35.5. The Morgan fingerprint density at radius 1 is 0.906 bits per heavy atom. The number of amides is 3. The van der Waals surface area contributed by atoms with Gasteiger partial charge in [-0.1, -0.05) is 41.4 Å². The van der Waals surface area contributed by atoms with Crippen LogP contribution in [0.3, 0.4) is 0 Å². The van der Waals surface area contributed by atoms with E-state index in [2.05, 4.69) is 4.90 Å². The summed E-state index contributed by atoms with van der Waals surface area (Å²) in [6, 6.07) is 12.5. The molecule has 1 aliphatic heterocycles. The van der Waals surface area contributed by atoms with Crippen molar-refractivity contribution in [3.05, 3.63) is 69.2 Å². The Morgan fingerprint density at radius 3 is 2.12 bits per heavy atom. The van der Waals surface area contributed by atoms with Gasteiger partial charge in [0.05, 0.1) is 16.6 Å². The predicted octanol–water partition coefficient (Wildman–Crippen LogP) is 4.24. The molecule has 0 unspecified atom stereocenters. The minimum atomic E-state index is -0.149. The number of imide groups is 1. The SMILES string of the molecule is CN(C)CCCN(Cc1ccc(Cl)c(Cl)c1)C(=O)c1ccc(CN2C(=O)CCC2=O)cc1. The molecule has 0 bridgehead atoms. The molecule has 8 heteroatoms. The lowest BCUT2D eigenvalue weighted by atomic mass is 10.1. The summed E-state index contributed by atoms with van der Waals surface area (Å²) in [5.41, 5.74) is 2.27. The first-order valence-electron chi connectivity index (χ1n) is 10.5. The molecule has 0 saturated carbocycles. The number of carbonyl (C=O) groups is 3. The van der Waals surface area contributed by atoms with Crippen molar-refractivity contribution >= 4 is 40.9 Å². The zero-order valence-corrected chi connectivity index (χ0v) is 19.8. The maximum atomic E-state index is 13.3. The Hall–Kier alpha value is -2.41. The molecule has 1 fully saturated rings. The van der Waals surface area contributed by atoms with E-state index in [1.165, 1.54) is 4.90 Å². The van der Waals surface area contributed by atoms with E-state index in [0.29, 0.717) is 28.7 Å². The maximum Gasteiger partial charge on any atom is 0.254 e. The molecule has 0 aliphatic carbocycles. The van der Waals surface area contributed by atoms with Crippen LogP contribution in [0.4, 0.5) is 0 Å². The largest absolute Gasteiger partial charge is 0.334 e. The third kappa shape index (κ3) is 6.31. The highest BCUT2D eigenvalue weighted by molar-refractivity contribution is 6.42. The third-order valence-corrected chi connectivity index (χ3v) is 6.11. The molecule has 2 aromatic carbocycles. The highest BCUT2D eigenvalue weighted by Gasteiger charge is 2.28. The van der Waals surface area contributed by atoms with Gasteiger partial charge in [-0.3, -0.25) is 19.3 Å². The molecule has 3 rings (SSSR count). The van der Waals surface area contributed by atoms with Gasteiger partial charge in [-0.2, -0.15) is 0 Å². The third-order valence-electron chi connectivity index (χ3n) is 5.37. The monoisotopic (exact) mass is 475 g/mol. The van der Waals surface area contributed by atoms with Crippen LogP contribution in [-0.2, 0) is 22.7 Å². The number of hydrogen-bond acceptors (Lipinski definition) is 4. The molecule has 0 radical (unpaired) electrons. The van der Waals surface area contributed by atoms with E-state index >= 15 is 0 Å². The van der Waals surface area contributed by atoms with Gasteiger partial charge >= 0.3 is 0 Å². The van der Waals surface area contributed by atoms with Gasteiger partial charge < -0.3 is 9.80 Å². The summed E-state index contributed by atoms with van der Waals surface area (Å²) in [7, 11) is 4.00. The molecule has 1 saturated heterocycles. The first kappa shape index (κ1) is 24.2. The van der Waals surface area contributed by atoms with Crippen LogP contribution in [0.1, 0.15) is 40.7 Å². The van der Waals surface area contributed by atoms with Gasteiger partial charge in [-0.15, -0.1) is 0 Å². The van der Waals surface area contributed by atoms with Crippen molar-refractivity contribution in [3.63, 3.8) is 0 Å². The van der Waals surface area contributed by atoms with Gasteiger partial charge in [0.15, 0.2) is 0 Å². The van der Waals surface area contributed by atoms with Gasteiger partial charge in [0.2, 0.25) is 11.8 Å². The molecule has 0 spiro atoms. The normalized spacial score (nSPS) is 13.8. The molecule has 0 atom stereocenters. The molecular weight excluding hydrogens is 449 g/mol. The van der Waals surface area contributed by atoms with E-state index in [-0.39, 0.29) is 37.1 Å². The first-order valence-corrected chi connectivity index (χ1v) is 11.3. The minimum Gasteiger partial charge on any atom is -0.334 e. The summed E-state index contributed by atoms with van der Waals surface area (Å²) in [6.07, 6.45) is 1.37. The summed E-state index contributed by atoms with van der Waals surface area (Å²) in [6.45, 7) is 2.11. The average molecular weight is 476 g/mol. The Balaban J connectivity index is 1.73. The van der Waals surface area contributed by atoms with Gasteiger partial charge in [0.1, 0.15) is 0 Å². The second-order valence-electron chi connectivity index (χ2n) is 8.20. The van der Waals surface area contributed by atoms with E-state index in [9.17, 15) is 14.4 Å². The standard InChI is InChI=1S/C24H27Cl2N3O3/c1-27(2)12-3-13-28(15-18-6-9-20(25)21(26)14-18)24(32)19-7-4-17(5-8-19)16-29-22(30)10-11-23(29)31/h4-9,14H,3,10-13,15-16H2,1-2H3. The zero-order valence-electron chi connectivity index (χ0n) is 18.3. The number of benzene rings is 2. The van der Waals surface area contributed by atoms with E-state index in [1.54, 1.807) is 41.3 Å². The quantitative estimate of drug-likeness (QED) is 0.508. The van der Waals surface area contributed by atoms with Crippen LogP contribution >= 0.6 is 23.2 Å². The van der Waals surface area contributed by atoms with Gasteiger partial charge in [0.25, 0.3) is 5.91 Å². The van der Waals surface area contributed by atoms with E-state index in [0.717, 1.165) is 24.1 Å². The fourth-order valence-corrected chi connectivity index (χ4v) is 3.93. The summed E-state index contributed by atoms with van der Waals surface area (Å²) in [5, 5.41) is 0.937. The molecule has 0 aromatic heterocycles. The van der Waals surface area contributed by atoms with Crippen molar-refractivity contribution < 1.29 is 14.4 Å². The molecule has 1 heterocycles. The summed E-state index contributed by atoms with van der Waals surface area (Å²) in [4.78, 5) is 42.1. The van der Waals surface area contributed by atoms with E-state index < -0.39 is 0 Å². The second-order valence-corrected chi connectivity index (χ2v) is 9.02. The summed E-state index contributed by atoms with van der Waals surface area (Å²) >= 11 is 12.2. The summed E-state index contributed by atoms with van der Waals surface area (Å²) in [5.74, 6) is -0.387. The minimum absolute atomic E-state index is 0.0882. The van der Waals surface area contributed by atoms with Gasteiger partial charge in [-0.25, -0.2) is 0 Å². The number of nitrogens with zero attached hydrogens (tertiary/aromatic N) is 3. The van der Waals surface area contributed by atoms with Crippen LogP contribution in [0.2, 0.25) is 10.0 Å². The van der Waals surface area contributed by atoms with E-state index in [4.69, 9.17) is 23.2 Å². The van der Waals surface area contributed by atoms with Crippen LogP contribution in [0.25, 0.3) is 0 Å². The molecule has 6 nitrogen and oxygen atoms in total. The molecule has 2 aromatic rings. The van der Waals surface area contributed by atoms with Crippen LogP contribution in [0.15, 0.2) is 42.5 Å². The molecule has 0 N–H and O–H groups in total. The fourth-order valence-electron chi connectivity index (χ4n) is 3.61. The number of hydrogen-bond donors (Lipinski definition) is 0. The fraction of sp³-hybridized carbons (Fsp3) is 0.375. The Labute approximate surface area is 198 Å². The number of halogens is 2. The number of rotatable bonds is 9. The van der Waals surface area contributed by atoms with Gasteiger partial charge in [0, 0.05) is 31.5 Å². The molecular formula is C24H27Cl2N3O3. The van der Waals surface area contributed by atoms with Crippen LogP contribution < -0.4 is 0 Å². The first-order chi connectivity index (χ1) is 15.2. The predicted molar refractivity (Wildman–Crippen MR) is 126 cm³/mol. The van der Waals surface area contributed by atoms with Gasteiger partial charge in [-0.05, 0) is 62.5 Å². The van der Waals surface area contributed by atoms with Crippen LogP contribution in [0.5, 0.6) is 0 Å². The smallest absolute Gasteiger partial charge is 0.254 e. The lowest BCUT2D eigenvalue weighted by molar-refractivity contribution is -0.139. The van der Waals surface area contributed by atoms with Crippen LogP contribution in [0, 0.1) is 0 Å². The lowest BCUT2D eigenvalue weighted by Gasteiger charge is -2.24. The second kappa shape index (κ2) is 10.9. The lowest BCUT2D eigenvalue weighted by Crippen LogP contribution is -2.33. The van der Waals surface area contributed by atoms with Crippen LogP contribution in [-0.4, -0.2) is 59.6 Å². The molecule has 32 heavy (non-hydrogen) atoms. The molecule has 170 valence electrons. The van der Waals surface area contributed by atoms with E-state index in [1.807, 2.05) is 20.2 Å². The zero-order chi connectivity index (χ0) is 23.3. The van der Waals surface area contributed by atoms with Crippen molar-refractivity contribution in [1.82, 2.24) is 14.7 Å². The summed E-state index contributed by atoms with van der Waals surface area (Å²) < 4.78 is 0. The van der Waals surface area contributed by atoms with Crippen molar-refractivity contribution in [3.8, 4) is 0 Å². The van der Waals surface area contributed by atoms with Crippen molar-refractivity contribution in [2.45, 2.75) is 32.4 Å². The van der Waals surface area contributed by atoms with Crippen molar-refractivity contribution in [2.75, 3.05) is 27.2 Å². The topological polar surface area (TPSA) is 60.9 Å². The average Bonchev–Trinajstić information content (AvgIpc) is 3.07. The Bertz CT molecular complexity index is 976. The Morgan fingerprint density at radius 2 is 1.53 bits per heavy atom. The number of likely N-dealkylation sites (tertiary alicyclic amines) is 1. The molecule has 1 aliphatic rings.